The highest BCUT2D eigenvalue weighted by atomic mass is 16.1. The summed E-state index contributed by atoms with van der Waals surface area (Å²) in [6, 6.07) is 0. The van der Waals surface area contributed by atoms with Crippen molar-refractivity contribution in [2.75, 3.05) is 0 Å². The van der Waals surface area contributed by atoms with E-state index in [9.17, 15) is 4.79 Å². The first-order valence-corrected chi connectivity index (χ1v) is 4.35. The Morgan fingerprint density at radius 1 is 1.25 bits per heavy atom. The van der Waals surface area contributed by atoms with Crippen molar-refractivity contribution in [2.24, 2.45) is 5.92 Å². The molecule has 68 valence electrons. The lowest BCUT2D eigenvalue weighted by atomic mass is 9.94. The molecule has 0 radical (unpaired) electrons. The fourth-order valence-corrected chi connectivity index (χ4v) is 1.35. The second-order valence-corrected chi connectivity index (χ2v) is 3.43. The number of carbonyl (C=O) groups is 1. The fourth-order valence-electron chi connectivity index (χ4n) is 1.35. The van der Waals surface area contributed by atoms with E-state index in [1.54, 1.807) is 12.2 Å². The molecular weight excluding hydrogens is 148 g/mol. The van der Waals surface area contributed by atoms with Crippen LogP contribution in [0.25, 0.3) is 0 Å². The second kappa shape index (κ2) is 4.91. The molecule has 0 fully saturated rings. The van der Waals surface area contributed by atoms with Crippen molar-refractivity contribution in [3.05, 3.63) is 23.3 Å². The highest BCUT2D eigenvalue weighted by Gasteiger charge is 2.11. The van der Waals surface area contributed by atoms with E-state index >= 15 is 0 Å². The second-order valence-electron chi connectivity index (χ2n) is 3.43. The summed E-state index contributed by atoms with van der Waals surface area (Å²) in [7, 11) is 0. The number of hydrogen-bond acceptors (Lipinski definition) is 1. The Morgan fingerprint density at radius 2 is 1.75 bits per heavy atom. The van der Waals surface area contributed by atoms with Crippen LogP contribution < -0.4 is 0 Å². The van der Waals surface area contributed by atoms with Gasteiger partial charge in [-0.1, -0.05) is 25.5 Å². The molecule has 0 atom stereocenters. The Labute approximate surface area is 75.2 Å². The van der Waals surface area contributed by atoms with Crippen LogP contribution in [0.2, 0.25) is 0 Å². The molecule has 0 aromatic heterocycles. The first kappa shape index (κ1) is 11.2. The summed E-state index contributed by atoms with van der Waals surface area (Å²) in [5, 5.41) is 0. The summed E-state index contributed by atoms with van der Waals surface area (Å²) in [6.45, 7) is 9.92. The first-order valence-electron chi connectivity index (χ1n) is 4.35. The molecular formula is C11H18O. The molecule has 0 bridgehead atoms. The molecule has 0 aromatic carbocycles. The Morgan fingerprint density at radius 3 is 2.00 bits per heavy atom. The predicted molar refractivity (Wildman–Crippen MR) is 53.0 cm³/mol. The van der Waals surface area contributed by atoms with Gasteiger partial charge in [-0.05, 0) is 32.8 Å². The molecule has 0 heterocycles. The summed E-state index contributed by atoms with van der Waals surface area (Å²) in [4.78, 5) is 11.5. The number of ketones is 1. The van der Waals surface area contributed by atoms with Crippen LogP contribution >= 0.6 is 0 Å². The number of rotatable bonds is 3. The lowest BCUT2D eigenvalue weighted by Crippen LogP contribution is -2.07. The zero-order chi connectivity index (χ0) is 9.72. The Bertz CT molecular complexity index is 215. The van der Waals surface area contributed by atoms with Crippen molar-refractivity contribution in [1.82, 2.24) is 0 Å². The van der Waals surface area contributed by atoms with Crippen LogP contribution in [-0.2, 0) is 4.79 Å². The van der Waals surface area contributed by atoms with Gasteiger partial charge in [0.05, 0.1) is 0 Å². The van der Waals surface area contributed by atoms with Crippen molar-refractivity contribution >= 4 is 5.78 Å². The van der Waals surface area contributed by atoms with Crippen molar-refractivity contribution in [2.45, 2.75) is 34.6 Å². The molecule has 0 N–H and O–H groups in total. The molecule has 0 aliphatic heterocycles. The number of allylic oxidation sites excluding steroid dienone is 4. The highest BCUT2D eigenvalue weighted by molar-refractivity contribution is 6.04. The van der Waals surface area contributed by atoms with Crippen molar-refractivity contribution < 1.29 is 4.79 Å². The molecule has 1 heteroatoms. The zero-order valence-electron chi connectivity index (χ0n) is 8.64. The van der Waals surface area contributed by atoms with Crippen molar-refractivity contribution in [3.63, 3.8) is 0 Å². The third kappa shape index (κ3) is 3.04. The minimum Gasteiger partial charge on any atom is -0.290 e. The van der Waals surface area contributed by atoms with Crippen LogP contribution in [-0.4, -0.2) is 5.78 Å². The minimum absolute atomic E-state index is 0.146. The molecule has 0 spiro atoms. The quantitative estimate of drug-likeness (QED) is 0.589. The zero-order valence-corrected chi connectivity index (χ0v) is 8.64. The van der Waals surface area contributed by atoms with Gasteiger partial charge in [0, 0.05) is 5.57 Å². The van der Waals surface area contributed by atoms with Gasteiger partial charge in [0.15, 0.2) is 5.78 Å². The molecule has 0 amide bonds. The molecule has 0 aromatic rings. The average molecular weight is 166 g/mol. The van der Waals surface area contributed by atoms with Crippen molar-refractivity contribution in [3.8, 4) is 0 Å². The SMILES string of the molecule is CC=CC(=O)C(=C(C)C)C(C)C. The first-order chi connectivity index (χ1) is 5.50. The van der Waals surface area contributed by atoms with Gasteiger partial charge in [0.25, 0.3) is 0 Å². The lowest BCUT2D eigenvalue weighted by molar-refractivity contribution is -0.111. The molecule has 0 aliphatic rings. The van der Waals surface area contributed by atoms with Gasteiger partial charge in [0.2, 0.25) is 0 Å². The maximum atomic E-state index is 11.5. The van der Waals surface area contributed by atoms with Crippen LogP contribution in [0.3, 0.4) is 0 Å². The Kier molecular flexibility index (Phi) is 4.57. The van der Waals surface area contributed by atoms with Gasteiger partial charge >= 0.3 is 0 Å². The van der Waals surface area contributed by atoms with Crippen LogP contribution in [0, 0.1) is 5.92 Å². The van der Waals surface area contributed by atoms with E-state index in [4.69, 9.17) is 0 Å². The smallest absolute Gasteiger partial charge is 0.181 e. The van der Waals surface area contributed by atoms with Gasteiger partial charge in [-0.25, -0.2) is 0 Å². The van der Waals surface area contributed by atoms with E-state index in [2.05, 4.69) is 0 Å². The van der Waals surface area contributed by atoms with Gasteiger partial charge in [-0.3, -0.25) is 4.79 Å². The van der Waals surface area contributed by atoms with E-state index < -0.39 is 0 Å². The van der Waals surface area contributed by atoms with Gasteiger partial charge in [0.1, 0.15) is 0 Å². The molecule has 0 rings (SSSR count). The normalized spacial score (nSPS) is 10.8. The molecule has 0 unspecified atom stereocenters. The van der Waals surface area contributed by atoms with Gasteiger partial charge in [-0.2, -0.15) is 0 Å². The van der Waals surface area contributed by atoms with Crippen LogP contribution in [0.5, 0.6) is 0 Å². The Balaban J connectivity index is 4.79. The maximum Gasteiger partial charge on any atom is 0.181 e. The number of hydrogen-bond donors (Lipinski definition) is 0. The fraction of sp³-hybridized carbons (Fsp3) is 0.545. The lowest BCUT2D eigenvalue weighted by Gasteiger charge is -2.09. The van der Waals surface area contributed by atoms with Gasteiger partial charge < -0.3 is 0 Å². The number of carbonyl (C=O) groups excluding carboxylic acids is 1. The standard InChI is InChI=1S/C11H18O/c1-6-7-10(12)11(8(2)3)9(4)5/h6-8H,1-5H3. The highest BCUT2D eigenvalue weighted by Crippen LogP contribution is 2.15. The molecule has 1 nitrogen and oxygen atoms in total. The topological polar surface area (TPSA) is 17.1 Å². The molecule has 0 saturated heterocycles. The summed E-state index contributed by atoms with van der Waals surface area (Å²) >= 11 is 0. The largest absolute Gasteiger partial charge is 0.290 e. The third-order valence-corrected chi connectivity index (χ3v) is 1.70. The maximum absolute atomic E-state index is 11.5. The summed E-state index contributed by atoms with van der Waals surface area (Å²) < 4.78 is 0. The van der Waals surface area contributed by atoms with E-state index in [-0.39, 0.29) is 5.78 Å². The van der Waals surface area contributed by atoms with E-state index in [1.165, 1.54) is 0 Å². The molecule has 0 aliphatic carbocycles. The molecule has 12 heavy (non-hydrogen) atoms. The minimum atomic E-state index is 0.146. The van der Waals surface area contributed by atoms with E-state index in [1.807, 2.05) is 34.6 Å². The predicted octanol–water partition coefficient (Wildman–Crippen LogP) is 3.12. The monoisotopic (exact) mass is 166 g/mol. The van der Waals surface area contributed by atoms with Crippen LogP contribution in [0.15, 0.2) is 23.3 Å². The van der Waals surface area contributed by atoms with Crippen molar-refractivity contribution in [1.29, 1.82) is 0 Å². The van der Waals surface area contributed by atoms with Crippen LogP contribution in [0.4, 0.5) is 0 Å². The third-order valence-electron chi connectivity index (χ3n) is 1.70. The summed E-state index contributed by atoms with van der Waals surface area (Å²) in [5.74, 6) is 0.464. The van der Waals surface area contributed by atoms with E-state index in [0.717, 1.165) is 11.1 Å². The van der Waals surface area contributed by atoms with Gasteiger partial charge in [-0.15, -0.1) is 0 Å². The van der Waals surface area contributed by atoms with E-state index in [0.29, 0.717) is 5.92 Å². The Hall–Kier alpha value is -0.850. The molecule has 0 saturated carbocycles. The summed E-state index contributed by atoms with van der Waals surface area (Å²) in [6.07, 6.45) is 3.41. The average Bonchev–Trinajstić information content (AvgIpc) is 1.85. The van der Waals surface area contributed by atoms with Crippen LogP contribution in [0.1, 0.15) is 34.6 Å². The summed E-state index contributed by atoms with van der Waals surface area (Å²) in [5.41, 5.74) is 2.06.